The smallest absolute Gasteiger partial charge is 0.243 e. The van der Waals surface area contributed by atoms with Crippen molar-refractivity contribution in [1.82, 2.24) is 58.5 Å². The van der Waals surface area contributed by atoms with Crippen LogP contribution in [0.1, 0.15) is 240 Å². The Bertz CT molecular complexity index is 2510. The van der Waals surface area contributed by atoms with Crippen LogP contribution in [0.3, 0.4) is 0 Å². The average Bonchev–Trinajstić information content (AvgIpc) is 0.867. The predicted molar refractivity (Wildman–Crippen MR) is 392 cm³/mol. The number of rotatable bonds is 53. The molecule has 0 fully saturated rings. The van der Waals surface area contributed by atoms with Gasteiger partial charge in [0.25, 0.3) is 0 Å². The molecule has 0 aliphatic rings. The minimum atomic E-state index is -1.25. The third kappa shape index (κ3) is 40.2. The van der Waals surface area contributed by atoms with E-state index < -0.39 is 143 Å². The quantitative estimate of drug-likeness (QED) is 0.0389. The Morgan fingerprint density at radius 2 is 0.370 bits per heavy atom. The molecule has 0 aliphatic carbocycles. The fourth-order valence-electron chi connectivity index (χ4n) is 11.5. The number of hydrogen-bond acceptors (Lipinski definition) is 16. The lowest BCUT2D eigenvalue weighted by atomic mass is 9.97. The maximum Gasteiger partial charge on any atom is 0.243 e. The fourth-order valence-corrected chi connectivity index (χ4v) is 11.5. The molecule has 0 spiro atoms. The topological polar surface area (TPSA) is 467 Å². The monoisotopic (exact) mass is 1420 g/mol. The van der Waals surface area contributed by atoms with Gasteiger partial charge in [-0.05, 0) is 182 Å². The van der Waals surface area contributed by atoms with Crippen LogP contribution in [0.15, 0.2) is 0 Å². The summed E-state index contributed by atoms with van der Waals surface area (Å²) in [5, 5.41) is 31.0. The summed E-state index contributed by atoms with van der Waals surface area (Å²) < 4.78 is 0. The zero-order chi connectivity index (χ0) is 76.7. The van der Waals surface area contributed by atoms with Crippen LogP contribution in [0, 0.1) is 53.3 Å². The van der Waals surface area contributed by atoms with Crippen LogP contribution in [0.2, 0.25) is 0 Å². The number of primary amides is 1. The molecule has 0 radical (unpaired) electrons. The number of hydrogen-bond donors (Lipinski definition) is 16. The van der Waals surface area contributed by atoms with Gasteiger partial charge in [-0.2, -0.15) is 0 Å². The molecule has 28 heteroatoms. The molecule has 100 heavy (non-hydrogen) atoms. The first-order valence-electron chi connectivity index (χ1n) is 37.2. The van der Waals surface area contributed by atoms with Crippen molar-refractivity contribution in [1.29, 1.82) is 0 Å². The second-order valence-corrected chi connectivity index (χ2v) is 31.2. The largest absolute Gasteiger partial charge is 0.368 e. The SMILES string of the molecule is CC(C)C[C@H](NC(=O)[C@H](CC(C)C)NC(=O)[C@@H](CC(C)C)NC(=O)[C@@H](CC(C)C)NC(=O)[C@H](CC(C)C)NC(=O)[C@@H](N)CCCCN)C(=O)N[C@@H](CCCCN)C(=O)N[C@H](CC(C)C)C(=O)N[C@@H](CC(C)C)C(=O)N[C@H](CC(C)C)C(=O)N[C@@H](CC(C)C)C(=O)N[C@@H](CCCCN)C(N)=O. The lowest BCUT2D eigenvalue weighted by Crippen LogP contribution is -2.61. The van der Waals surface area contributed by atoms with Crippen LogP contribution in [-0.4, -0.2) is 163 Å². The number of carbonyl (C=O) groups is 12. The van der Waals surface area contributed by atoms with Gasteiger partial charge in [0, 0.05) is 0 Å². The molecule has 0 saturated heterocycles. The highest BCUT2D eigenvalue weighted by Gasteiger charge is 2.38. The second-order valence-electron chi connectivity index (χ2n) is 31.2. The molecule has 0 aromatic heterocycles. The molecule has 0 unspecified atom stereocenters. The van der Waals surface area contributed by atoms with Gasteiger partial charge in [-0.25, -0.2) is 0 Å². The number of amides is 12. The third-order valence-electron chi connectivity index (χ3n) is 16.6. The van der Waals surface area contributed by atoms with E-state index in [4.69, 9.17) is 28.7 Å². The molecule has 0 aromatic rings. The zero-order valence-corrected chi connectivity index (χ0v) is 64.3. The van der Waals surface area contributed by atoms with Gasteiger partial charge in [0.15, 0.2) is 0 Å². The predicted octanol–water partition coefficient (Wildman–Crippen LogP) is 2.93. The summed E-state index contributed by atoms with van der Waals surface area (Å²) in [7, 11) is 0. The van der Waals surface area contributed by atoms with E-state index in [0.29, 0.717) is 58.0 Å². The van der Waals surface area contributed by atoms with E-state index >= 15 is 0 Å². The zero-order valence-electron chi connectivity index (χ0n) is 64.3. The van der Waals surface area contributed by atoms with Crippen LogP contribution in [0.25, 0.3) is 0 Å². The average molecular weight is 1420 g/mol. The van der Waals surface area contributed by atoms with Crippen LogP contribution in [0.4, 0.5) is 0 Å². The van der Waals surface area contributed by atoms with E-state index in [-0.39, 0.29) is 130 Å². The van der Waals surface area contributed by atoms with Gasteiger partial charge >= 0.3 is 0 Å². The Morgan fingerprint density at radius 3 is 0.550 bits per heavy atom. The second kappa shape index (κ2) is 49.9. The first-order chi connectivity index (χ1) is 46.7. The Morgan fingerprint density at radius 1 is 0.220 bits per heavy atom. The molecule has 0 saturated carbocycles. The van der Waals surface area contributed by atoms with E-state index in [0.717, 1.165) is 0 Å². The van der Waals surface area contributed by atoms with E-state index in [9.17, 15) is 57.5 Å². The Labute approximate surface area is 598 Å². The number of nitrogens with one attached hydrogen (secondary N) is 11. The summed E-state index contributed by atoms with van der Waals surface area (Å²) in [6.07, 6.45) is 5.45. The molecule has 0 heterocycles. The molecular formula is C72H138N16O12. The van der Waals surface area contributed by atoms with Crippen molar-refractivity contribution in [2.45, 2.75) is 313 Å². The van der Waals surface area contributed by atoms with Crippen molar-refractivity contribution >= 4 is 70.9 Å². The van der Waals surface area contributed by atoms with Gasteiger partial charge in [0.05, 0.1) is 6.04 Å². The standard InChI is InChI=1S/C72H138N16O12/c1-40(2)31-52(80-62(90)49(76)25-19-22-28-73)66(94)84-56(35-44(9)10)70(98)88-60(39-48(17)18)72(100)87-58(37-46(13)14)69(97)83-54(33-42(5)6)65(93)79-51(27-21-24-30-75)63(91)81-55(34-43(7)8)67(95)85-59(38-47(15)16)71(99)86-57(36-45(11)12)68(96)82-53(32-41(3)4)64(92)78-50(61(77)89)26-20-23-29-74/h40-60H,19-39,73-76H2,1-18H3,(H2,77,89)(H,78,92)(H,79,93)(H,80,90)(H,81,91)(H,82,96)(H,83,97)(H,84,94)(H,85,95)(H,86,99)(H,87,100)(H,88,98)/t49-,50-,51-,52-,53-,54-,55+,56+,57+,58-,59-,60+/m0/s1. The first-order valence-corrected chi connectivity index (χ1v) is 37.2. The van der Waals surface area contributed by atoms with Gasteiger partial charge in [0.2, 0.25) is 70.9 Å². The highest BCUT2D eigenvalue weighted by Crippen LogP contribution is 2.18. The van der Waals surface area contributed by atoms with Crippen molar-refractivity contribution in [3.63, 3.8) is 0 Å². The molecule has 0 aromatic carbocycles. The summed E-state index contributed by atoms with van der Waals surface area (Å²) >= 11 is 0. The summed E-state index contributed by atoms with van der Waals surface area (Å²) in [6, 6.07) is -13.6. The van der Waals surface area contributed by atoms with E-state index in [1.165, 1.54) is 0 Å². The molecular weight excluding hydrogens is 1280 g/mol. The van der Waals surface area contributed by atoms with E-state index in [1.54, 1.807) is 0 Å². The molecule has 12 amide bonds. The number of unbranched alkanes of at least 4 members (excludes halogenated alkanes) is 3. The maximum atomic E-state index is 14.7. The number of carbonyl (C=O) groups excluding carboxylic acids is 12. The van der Waals surface area contributed by atoms with Crippen molar-refractivity contribution < 1.29 is 57.5 Å². The Kier molecular flexibility index (Phi) is 46.7. The van der Waals surface area contributed by atoms with Gasteiger partial charge in [0.1, 0.15) is 66.5 Å². The fraction of sp³-hybridized carbons (Fsp3) is 0.833. The summed E-state index contributed by atoms with van der Waals surface area (Å²) in [4.78, 5) is 169. The van der Waals surface area contributed by atoms with Gasteiger partial charge in [-0.1, -0.05) is 131 Å². The van der Waals surface area contributed by atoms with Crippen molar-refractivity contribution in [2.75, 3.05) is 19.6 Å². The molecule has 21 N–H and O–H groups in total. The van der Waals surface area contributed by atoms with Crippen LogP contribution in [0.5, 0.6) is 0 Å². The van der Waals surface area contributed by atoms with Crippen LogP contribution < -0.4 is 87.2 Å². The minimum absolute atomic E-state index is 0.0251. The van der Waals surface area contributed by atoms with Crippen LogP contribution >= 0.6 is 0 Å². The van der Waals surface area contributed by atoms with Gasteiger partial charge < -0.3 is 87.2 Å². The van der Waals surface area contributed by atoms with Crippen molar-refractivity contribution in [3.8, 4) is 0 Å². The first kappa shape index (κ1) is 93.5. The molecule has 0 bridgehead atoms. The summed E-state index contributed by atoms with van der Waals surface area (Å²) in [5.41, 5.74) is 29.0. The lowest BCUT2D eigenvalue weighted by molar-refractivity contribution is -0.137. The van der Waals surface area contributed by atoms with Crippen molar-refractivity contribution in [2.24, 2.45) is 81.9 Å². The summed E-state index contributed by atoms with van der Waals surface area (Å²) in [5.74, 6) is -9.05. The molecule has 578 valence electrons. The Balaban J connectivity index is 7.06. The lowest BCUT2D eigenvalue weighted by Gasteiger charge is -2.30. The number of nitrogens with two attached hydrogens (primary N) is 5. The molecule has 12 atom stereocenters. The van der Waals surface area contributed by atoms with Gasteiger partial charge in [-0.3, -0.25) is 57.5 Å². The van der Waals surface area contributed by atoms with Crippen LogP contribution in [-0.2, 0) is 57.5 Å². The van der Waals surface area contributed by atoms with E-state index in [2.05, 4.69) is 58.5 Å². The molecule has 0 aliphatic heterocycles. The van der Waals surface area contributed by atoms with Gasteiger partial charge in [-0.15, -0.1) is 0 Å². The Hall–Kier alpha value is -6.52. The third-order valence-corrected chi connectivity index (χ3v) is 16.6. The highest BCUT2D eigenvalue weighted by molar-refractivity contribution is 5.99. The normalized spacial score (nSPS) is 15.4. The minimum Gasteiger partial charge on any atom is -0.368 e. The maximum absolute atomic E-state index is 14.7. The summed E-state index contributed by atoms with van der Waals surface area (Å²) in [6.45, 7) is 34.7. The highest BCUT2D eigenvalue weighted by atomic mass is 16.2. The van der Waals surface area contributed by atoms with E-state index in [1.807, 2.05) is 125 Å². The molecule has 28 nitrogen and oxygen atoms in total. The van der Waals surface area contributed by atoms with Crippen molar-refractivity contribution in [3.05, 3.63) is 0 Å². The molecule has 0 rings (SSSR count).